The van der Waals surface area contributed by atoms with Gasteiger partial charge in [-0.2, -0.15) is 0 Å². The van der Waals surface area contributed by atoms with Gasteiger partial charge in [0.2, 0.25) is 0 Å². The zero-order valence-corrected chi connectivity index (χ0v) is 6.67. The molecule has 11 heavy (non-hydrogen) atoms. The molecular weight excluding hydrogens is 142 g/mol. The van der Waals surface area contributed by atoms with Gasteiger partial charge >= 0.3 is 0 Å². The second-order valence-electron chi connectivity index (χ2n) is 3.08. The lowest BCUT2D eigenvalue weighted by atomic mass is 9.92. The van der Waals surface area contributed by atoms with Crippen molar-refractivity contribution in [1.29, 1.82) is 0 Å². The third kappa shape index (κ3) is 1.26. The number of rotatable bonds is 1. The maximum atomic E-state index is 5.23. The van der Waals surface area contributed by atoms with E-state index in [-0.39, 0.29) is 6.10 Å². The van der Waals surface area contributed by atoms with Crippen LogP contribution in [0.1, 0.15) is 12.8 Å². The molecule has 0 amide bonds. The topological polar surface area (TPSA) is 30.5 Å². The van der Waals surface area contributed by atoms with Crippen LogP contribution in [0.4, 0.5) is 0 Å². The second kappa shape index (κ2) is 2.83. The van der Waals surface area contributed by atoms with Gasteiger partial charge < -0.3 is 4.74 Å². The van der Waals surface area contributed by atoms with E-state index in [1.54, 1.807) is 7.11 Å². The van der Waals surface area contributed by atoms with Crippen molar-refractivity contribution in [1.82, 2.24) is 5.48 Å². The van der Waals surface area contributed by atoms with Crippen LogP contribution in [0.2, 0.25) is 0 Å². The molecule has 1 N–H and O–H groups in total. The SMILES string of the molecule is CO[C@@H]1C=C2NOC[C@@H]2CC1. The maximum absolute atomic E-state index is 5.23. The molecule has 0 saturated carbocycles. The Bertz CT molecular complexity index is 179. The summed E-state index contributed by atoms with van der Waals surface area (Å²) in [6.45, 7) is 0.822. The molecule has 0 aromatic carbocycles. The van der Waals surface area contributed by atoms with Crippen molar-refractivity contribution >= 4 is 0 Å². The van der Waals surface area contributed by atoms with Gasteiger partial charge in [-0.15, -0.1) is 0 Å². The van der Waals surface area contributed by atoms with E-state index in [0.29, 0.717) is 5.92 Å². The highest BCUT2D eigenvalue weighted by atomic mass is 16.7. The van der Waals surface area contributed by atoms with Gasteiger partial charge in [0.05, 0.1) is 12.7 Å². The van der Waals surface area contributed by atoms with E-state index >= 15 is 0 Å². The van der Waals surface area contributed by atoms with E-state index in [4.69, 9.17) is 9.57 Å². The van der Waals surface area contributed by atoms with E-state index in [0.717, 1.165) is 13.0 Å². The number of hydrogen-bond acceptors (Lipinski definition) is 3. The normalized spacial score (nSPS) is 35.9. The largest absolute Gasteiger partial charge is 0.377 e. The lowest BCUT2D eigenvalue weighted by molar-refractivity contribution is 0.101. The molecule has 2 aliphatic rings. The Morgan fingerprint density at radius 1 is 1.64 bits per heavy atom. The standard InChI is InChI=1S/C8H13NO2/c1-10-7-3-2-6-5-11-9-8(6)4-7/h4,6-7,9H,2-3,5H2,1H3/t6-,7-/m0/s1. The molecule has 1 heterocycles. The van der Waals surface area contributed by atoms with Gasteiger partial charge in [0.1, 0.15) is 0 Å². The number of methoxy groups -OCH3 is 1. The quantitative estimate of drug-likeness (QED) is 0.608. The van der Waals surface area contributed by atoms with Crippen LogP contribution in [0.25, 0.3) is 0 Å². The van der Waals surface area contributed by atoms with E-state index < -0.39 is 0 Å². The zero-order chi connectivity index (χ0) is 7.68. The summed E-state index contributed by atoms with van der Waals surface area (Å²) in [5, 5.41) is 0. The van der Waals surface area contributed by atoms with Crippen LogP contribution >= 0.6 is 0 Å². The summed E-state index contributed by atoms with van der Waals surface area (Å²) in [5.74, 6) is 0.599. The molecule has 0 spiro atoms. The van der Waals surface area contributed by atoms with Crippen LogP contribution in [0.5, 0.6) is 0 Å². The van der Waals surface area contributed by atoms with Crippen molar-refractivity contribution in [2.75, 3.05) is 13.7 Å². The Balaban J connectivity index is 2.09. The van der Waals surface area contributed by atoms with E-state index in [1.165, 1.54) is 12.1 Å². The Morgan fingerprint density at radius 2 is 2.55 bits per heavy atom. The Morgan fingerprint density at radius 3 is 3.36 bits per heavy atom. The van der Waals surface area contributed by atoms with Gasteiger partial charge in [0.15, 0.2) is 0 Å². The smallest absolute Gasteiger partial charge is 0.0829 e. The van der Waals surface area contributed by atoms with Crippen LogP contribution in [0.15, 0.2) is 11.8 Å². The van der Waals surface area contributed by atoms with Crippen molar-refractivity contribution in [3.8, 4) is 0 Å². The first-order valence-electron chi connectivity index (χ1n) is 4.02. The van der Waals surface area contributed by atoms with Gasteiger partial charge in [-0.05, 0) is 18.9 Å². The molecule has 1 fully saturated rings. The van der Waals surface area contributed by atoms with Crippen LogP contribution in [0, 0.1) is 5.92 Å². The first-order valence-corrected chi connectivity index (χ1v) is 4.02. The molecule has 0 radical (unpaired) electrons. The van der Waals surface area contributed by atoms with Gasteiger partial charge in [0, 0.05) is 18.7 Å². The first kappa shape index (κ1) is 7.13. The molecule has 62 valence electrons. The fourth-order valence-electron chi connectivity index (χ4n) is 1.64. The van der Waals surface area contributed by atoms with Crippen molar-refractivity contribution < 1.29 is 9.57 Å². The third-order valence-electron chi connectivity index (χ3n) is 2.38. The average molecular weight is 155 g/mol. The summed E-state index contributed by atoms with van der Waals surface area (Å²) in [4.78, 5) is 5.11. The van der Waals surface area contributed by atoms with E-state index in [1.807, 2.05) is 0 Å². The molecule has 2 atom stereocenters. The molecule has 0 bridgehead atoms. The first-order chi connectivity index (χ1) is 5.40. The number of fused-ring (bicyclic) bond motifs is 1. The van der Waals surface area contributed by atoms with E-state index in [9.17, 15) is 0 Å². The summed E-state index contributed by atoms with van der Waals surface area (Å²) >= 11 is 0. The van der Waals surface area contributed by atoms with Crippen LogP contribution in [0.3, 0.4) is 0 Å². The van der Waals surface area contributed by atoms with Crippen LogP contribution in [-0.2, 0) is 9.57 Å². The van der Waals surface area contributed by atoms with Crippen molar-refractivity contribution in [2.45, 2.75) is 18.9 Å². The van der Waals surface area contributed by atoms with Crippen LogP contribution in [-0.4, -0.2) is 19.8 Å². The molecule has 1 saturated heterocycles. The molecule has 0 unspecified atom stereocenters. The Kier molecular flexibility index (Phi) is 1.84. The monoisotopic (exact) mass is 155 g/mol. The average Bonchev–Trinajstić information content (AvgIpc) is 2.50. The minimum Gasteiger partial charge on any atom is -0.377 e. The summed E-state index contributed by atoms with van der Waals surface area (Å²) in [6, 6.07) is 0. The molecule has 0 aromatic rings. The lowest BCUT2D eigenvalue weighted by Crippen LogP contribution is -2.20. The summed E-state index contributed by atoms with van der Waals surface area (Å²) in [7, 11) is 1.75. The highest BCUT2D eigenvalue weighted by Crippen LogP contribution is 2.27. The molecule has 1 aliphatic carbocycles. The molecule has 3 nitrogen and oxygen atoms in total. The van der Waals surface area contributed by atoms with Crippen molar-refractivity contribution in [3.05, 3.63) is 11.8 Å². The van der Waals surface area contributed by atoms with E-state index in [2.05, 4.69) is 11.6 Å². The third-order valence-corrected chi connectivity index (χ3v) is 2.38. The predicted octanol–water partition coefficient (Wildman–Crippen LogP) is 0.830. The minimum absolute atomic E-state index is 0.287. The predicted molar refractivity (Wildman–Crippen MR) is 40.7 cm³/mol. The molecule has 2 rings (SSSR count). The van der Waals surface area contributed by atoms with Gasteiger partial charge in [-0.3, -0.25) is 10.3 Å². The molecular formula is C8H13NO2. The molecule has 0 aromatic heterocycles. The zero-order valence-electron chi connectivity index (χ0n) is 6.67. The van der Waals surface area contributed by atoms with Crippen molar-refractivity contribution in [3.63, 3.8) is 0 Å². The fourth-order valence-corrected chi connectivity index (χ4v) is 1.64. The summed E-state index contributed by atoms with van der Waals surface area (Å²) in [5.41, 5.74) is 4.12. The van der Waals surface area contributed by atoms with Gasteiger partial charge in [-0.25, -0.2) is 0 Å². The van der Waals surface area contributed by atoms with Gasteiger partial charge in [-0.1, -0.05) is 0 Å². The van der Waals surface area contributed by atoms with Crippen LogP contribution < -0.4 is 5.48 Å². The number of ether oxygens (including phenoxy) is 1. The van der Waals surface area contributed by atoms with Gasteiger partial charge in [0.25, 0.3) is 0 Å². The number of hydrogen-bond donors (Lipinski definition) is 1. The molecule has 1 aliphatic heterocycles. The highest BCUT2D eigenvalue weighted by Gasteiger charge is 2.27. The lowest BCUT2D eigenvalue weighted by Gasteiger charge is -2.20. The summed E-state index contributed by atoms with van der Waals surface area (Å²) < 4.78 is 5.23. The highest BCUT2D eigenvalue weighted by molar-refractivity contribution is 5.12. The number of nitrogens with one attached hydrogen (secondary N) is 1. The Labute approximate surface area is 66.3 Å². The Hall–Kier alpha value is -0.540. The fraction of sp³-hybridized carbons (Fsp3) is 0.750. The minimum atomic E-state index is 0.287. The summed E-state index contributed by atoms with van der Waals surface area (Å²) in [6.07, 6.45) is 4.71. The van der Waals surface area contributed by atoms with Crippen molar-refractivity contribution in [2.24, 2.45) is 5.92 Å². The molecule has 3 heteroatoms. The maximum Gasteiger partial charge on any atom is 0.0829 e. The second-order valence-corrected chi connectivity index (χ2v) is 3.08. The number of hydroxylamine groups is 1.